The molecule has 0 radical (unpaired) electrons. The summed E-state index contributed by atoms with van der Waals surface area (Å²) < 4.78 is 14.6. The topological polar surface area (TPSA) is 44.8 Å². The normalized spacial score (nSPS) is 22.7. The number of benzene rings is 1. The van der Waals surface area contributed by atoms with Crippen molar-refractivity contribution in [2.45, 2.75) is 17.4 Å². The minimum Gasteiger partial charge on any atom is -0.461 e. The van der Waals surface area contributed by atoms with Crippen LogP contribution in [0, 0.1) is 5.92 Å². The summed E-state index contributed by atoms with van der Waals surface area (Å²) in [5.74, 6) is 0.597. The van der Waals surface area contributed by atoms with E-state index in [1.54, 1.807) is 12.1 Å². The van der Waals surface area contributed by atoms with Gasteiger partial charge in [-0.15, -0.1) is 23.2 Å². The Morgan fingerprint density at radius 1 is 1.39 bits per heavy atom. The predicted molar refractivity (Wildman–Crippen MR) is 64.9 cm³/mol. The van der Waals surface area contributed by atoms with Crippen molar-refractivity contribution in [2.75, 3.05) is 6.79 Å². The molecular weight excluding hydrogens is 279 g/mol. The molecule has 6 heteroatoms. The molecule has 0 saturated heterocycles. The molecule has 1 aromatic carbocycles. The molecule has 3 rings (SSSR count). The molecule has 1 aromatic rings. The highest BCUT2D eigenvalue weighted by atomic mass is 35.5. The maximum atomic E-state index is 11.6. The van der Waals surface area contributed by atoms with Crippen LogP contribution in [0.25, 0.3) is 0 Å². The third-order valence-corrected chi connectivity index (χ3v) is 3.76. The molecule has 96 valence electrons. The standard InChI is InChI=1S/C12H10Cl2O4/c13-12(14)4-8(12)11(15)16-5-7-1-2-9-10(3-7)18-6-17-9/h1-3,8H,4-6H2. The molecule has 1 aliphatic carbocycles. The zero-order chi connectivity index (χ0) is 12.8. The van der Waals surface area contributed by atoms with E-state index >= 15 is 0 Å². The van der Waals surface area contributed by atoms with E-state index in [1.165, 1.54) is 0 Å². The van der Waals surface area contributed by atoms with Crippen LogP contribution in [0.15, 0.2) is 18.2 Å². The van der Waals surface area contributed by atoms with Gasteiger partial charge in [0.05, 0.1) is 5.92 Å². The van der Waals surface area contributed by atoms with E-state index in [9.17, 15) is 4.79 Å². The number of halogens is 2. The maximum Gasteiger partial charge on any atom is 0.312 e. The number of hydrogen-bond acceptors (Lipinski definition) is 4. The second kappa shape index (κ2) is 4.21. The SMILES string of the molecule is O=C(OCc1ccc2c(c1)OCO2)C1CC1(Cl)Cl. The number of carbonyl (C=O) groups is 1. The van der Waals surface area contributed by atoms with Crippen LogP contribution in [0.3, 0.4) is 0 Å². The molecule has 0 N–H and O–H groups in total. The molecule has 0 spiro atoms. The van der Waals surface area contributed by atoms with Crippen molar-refractivity contribution in [3.63, 3.8) is 0 Å². The summed E-state index contributed by atoms with van der Waals surface area (Å²) in [6, 6.07) is 5.40. The van der Waals surface area contributed by atoms with Gasteiger partial charge in [-0.1, -0.05) is 6.07 Å². The highest BCUT2D eigenvalue weighted by Crippen LogP contribution is 2.53. The maximum absolute atomic E-state index is 11.6. The minimum atomic E-state index is -0.939. The van der Waals surface area contributed by atoms with Crippen molar-refractivity contribution in [1.82, 2.24) is 0 Å². The van der Waals surface area contributed by atoms with Gasteiger partial charge in [0.2, 0.25) is 6.79 Å². The van der Waals surface area contributed by atoms with E-state index in [0.29, 0.717) is 17.9 Å². The molecule has 1 fully saturated rings. The van der Waals surface area contributed by atoms with Crippen LogP contribution < -0.4 is 9.47 Å². The molecular formula is C12H10Cl2O4. The van der Waals surface area contributed by atoms with Gasteiger partial charge in [0.25, 0.3) is 0 Å². The first-order chi connectivity index (χ1) is 8.56. The zero-order valence-electron chi connectivity index (χ0n) is 9.32. The van der Waals surface area contributed by atoms with Crippen LogP contribution in [0.4, 0.5) is 0 Å². The van der Waals surface area contributed by atoms with Gasteiger partial charge in [0.1, 0.15) is 10.9 Å². The molecule has 1 unspecified atom stereocenters. The molecule has 2 aliphatic rings. The lowest BCUT2D eigenvalue weighted by molar-refractivity contribution is -0.146. The van der Waals surface area contributed by atoms with Gasteiger partial charge in [0.15, 0.2) is 11.5 Å². The van der Waals surface area contributed by atoms with Crippen LogP contribution in [0.2, 0.25) is 0 Å². The van der Waals surface area contributed by atoms with Crippen molar-refractivity contribution >= 4 is 29.2 Å². The number of ether oxygens (including phenoxy) is 3. The van der Waals surface area contributed by atoms with Crippen molar-refractivity contribution in [1.29, 1.82) is 0 Å². The largest absolute Gasteiger partial charge is 0.461 e. The molecule has 1 aliphatic heterocycles. The van der Waals surface area contributed by atoms with Crippen molar-refractivity contribution in [3.8, 4) is 11.5 Å². The highest BCUT2D eigenvalue weighted by molar-refractivity contribution is 6.52. The molecule has 18 heavy (non-hydrogen) atoms. The smallest absolute Gasteiger partial charge is 0.312 e. The second-order valence-corrected chi connectivity index (χ2v) is 5.86. The first kappa shape index (κ1) is 11.9. The minimum absolute atomic E-state index is 0.176. The number of rotatable bonds is 3. The molecule has 0 aromatic heterocycles. The van der Waals surface area contributed by atoms with Crippen molar-refractivity contribution in [3.05, 3.63) is 23.8 Å². The molecule has 1 saturated carbocycles. The number of alkyl halides is 2. The Kier molecular flexibility index (Phi) is 2.79. The zero-order valence-corrected chi connectivity index (χ0v) is 10.8. The first-order valence-electron chi connectivity index (χ1n) is 5.49. The Hall–Kier alpha value is -1.13. The number of hydrogen-bond donors (Lipinski definition) is 0. The average Bonchev–Trinajstić information content (AvgIpc) is 2.77. The summed E-state index contributed by atoms with van der Waals surface area (Å²) in [4.78, 5) is 11.6. The van der Waals surface area contributed by atoms with Crippen LogP contribution >= 0.6 is 23.2 Å². The summed E-state index contributed by atoms with van der Waals surface area (Å²) in [6.45, 7) is 0.400. The number of carbonyl (C=O) groups excluding carboxylic acids is 1. The molecule has 1 heterocycles. The summed E-state index contributed by atoms with van der Waals surface area (Å²) in [5, 5.41) is 0. The Bertz CT molecular complexity index is 501. The van der Waals surface area contributed by atoms with Gasteiger partial charge in [0, 0.05) is 0 Å². The van der Waals surface area contributed by atoms with Crippen molar-refractivity contribution in [2.24, 2.45) is 5.92 Å². The third-order valence-electron chi connectivity index (χ3n) is 2.93. The summed E-state index contributed by atoms with van der Waals surface area (Å²) in [7, 11) is 0. The van der Waals surface area contributed by atoms with E-state index < -0.39 is 10.3 Å². The molecule has 0 amide bonds. The van der Waals surface area contributed by atoms with E-state index in [1.807, 2.05) is 6.07 Å². The van der Waals surface area contributed by atoms with Crippen LogP contribution in [0.1, 0.15) is 12.0 Å². The second-order valence-electron chi connectivity index (χ2n) is 4.31. The van der Waals surface area contributed by atoms with Gasteiger partial charge >= 0.3 is 5.97 Å². The van der Waals surface area contributed by atoms with E-state index in [2.05, 4.69) is 0 Å². The lowest BCUT2D eigenvalue weighted by Gasteiger charge is -2.05. The summed E-state index contributed by atoms with van der Waals surface area (Å²) >= 11 is 11.6. The van der Waals surface area contributed by atoms with Crippen LogP contribution in [0.5, 0.6) is 11.5 Å². The lowest BCUT2D eigenvalue weighted by Crippen LogP contribution is -2.10. The summed E-state index contributed by atoms with van der Waals surface area (Å²) in [5.41, 5.74) is 0.836. The number of esters is 1. The van der Waals surface area contributed by atoms with Gasteiger partial charge in [-0.3, -0.25) is 4.79 Å². The molecule has 4 nitrogen and oxygen atoms in total. The van der Waals surface area contributed by atoms with E-state index in [-0.39, 0.29) is 19.4 Å². The monoisotopic (exact) mass is 288 g/mol. The van der Waals surface area contributed by atoms with Gasteiger partial charge < -0.3 is 14.2 Å². The lowest BCUT2D eigenvalue weighted by atomic mass is 10.2. The molecule has 0 bridgehead atoms. The van der Waals surface area contributed by atoms with Gasteiger partial charge in [-0.2, -0.15) is 0 Å². The highest BCUT2D eigenvalue weighted by Gasteiger charge is 2.57. The first-order valence-corrected chi connectivity index (χ1v) is 6.25. The Balaban J connectivity index is 1.59. The van der Waals surface area contributed by atoms with Gasteiger partial charge in [-0.25, -0.2) is 0 Å². The fourth-order valence-corrected chi connectivity index (χ4v) is 2.24. The fraction of sp³-hybridized carbons (Fsp3) is 0.417. The van der Waals surface area contributed by atoms with E-state index in [4.69, 9.17) is 37.4 Å². The Morgan fingerprint density at radius 3 is 2.83 bits per heavy atom. The Morgan fingerprint density at radius 2 is 2.11 bits per heavy atom. The summed E-state index contributed by atoms with van der Waals surface area (Å²) in [6.07, 6.45) is 0.454. The van der Waals surface area contributed by atoms with E-state index in [0.717, 1.165) is 5.56 Å². The average molecular weight is 289 g/mol. The molecule has 1 atom stereocenters. The van der Waals surface area contributed by atoms with Crippen LogP contribution in [-0.2, 0) is 16.1 Å². The van der Waals surface area contributed by atoms with Crippen LogP contribution in [-0.4, -0.2) is 17.1 Å². The number of fused-ring (bicyclic) bond motifs is 1. The fourth-order valence-electron chi connectivity index (χ4n) is 1.75. The predicted octanol–water partition coefficient (Wildman–Crippen LogP) is 2.65. The van der Waals surface area contributed by atoms with Gasteiger partial charge in [-0.05, 0) is 24.1 Å². The van der Waals surface area contributed by atoms with Crippen molar-refractivity contribution < 1.29 is 19.0 Å². The quantitative estimate of drug-likeness (QED) is 0.634. The third kappa shape index (κ3) is 2.22. The Labute approximate surface area is 114 Å².